The minimum atomic E-state index is 0. The molecule has 2 aromatic rings. The van der Waals surface area contributed by atoms with Crippen molar-refractivity contribution in [1.82, 2.24) is 15.6 Å². The molecule has 1 aromatic carbocycles. The molecular formula is C18H24IN5O2S. The zero-order valence-corrected chi connectivity index (χ0v) is 18.7. The van der Waals surface area contributed by atoms with E-state index < -0.39 is 0 Å². The smallest absolute Gasteiger partial charge is 0.229 e. The van der Waals surface area contributed by atoms with E-state index >= 15 is 0 Å². The Morgan fingerprint density at radius 1 is 1.48 bits per heavy atom. The quantitative estimate of drug-likeness (QED) is 0.374. The summed E-state index contributed by atoms with van der Waals surface area (Å²) in [6.45, 7) is 3.24. The highest BCUT2D eigenvalue weighted by Crippen LogP contribution is 2.25. The third-order valence-electron chi connectivity index (χ3n) is 4.32. The molecule has 1 aromatic heterocycles. The van der Waals surface area contributed by atoms with Crippen molar-refractivity contribution in [1.29, 1.82) is 0 Å². The number of hydrogen-bond acceptors (Lipinski definition) is 5. The van der Waals surface area contributed by atoms with Gasteiger partial charge in [0.2, 0.25) is 5.91 Å². The molecule has 1 aliphatic rings. The molecule has 1 aliphatic heterocycles. The molecule has 1 atom stereocenters. The number of aromatic nitrogens is 1. The summed E-state index contributed by atoms with van der Waals surface area (Å²) in [4.78, 5) is 23.9. The molecule has 2 heterocycles. The molecule has 3 rings (SSSR count). The third kappa shape index (κ3) is 5.32. The van der Waals surface area contributed by atoms with Crippen molar-refractivity contribution in [2.45, 2.75) is 25.9 Å². The first-order valence-corrected chi connectivity index (χ1v) is 9.29. The lowest BCUT2D eigenvalue weighted by Gasteiger charge is -2.19. The molecule has 0 bridgehead atoms. The summed E-state index contributed by atoms with van der Waals surface area (Å²) in [5.74, 6) is 1.51. The largest absolute Gasteiger partial charge is 0.497 e. The molecule has 1 amide bonds. The van der Waals surface area contributed by atoms with Gasteiger partial charge in [-0.3, -0.25) is 9.79 Å². The highest BCUT2D eigenvalue weighted by atomic mass is 127. The second kappa shape index (κ2) is 9.88. The number of rotatable bonds is 5. The Balaban J connectivity index is 0.00000261. The van der Waals surface area contributed by atoms with Gasteiger partial charge >= 0.3 is 0 Å². The molecule has 1 saturated heterocycles. The van der Waals surface area contributed by atoms with Crippen LogP contribution in [0.1, 0.15) is 17.0 Å². The minimum absolute atomic E-state index is 0. The van der Waals surface area contributed by atoms with Crippen molar-refractivity contribution in [2.24, 2.45) is 4.99 Å². The summed E-state index contributed by atoms with van der Waals surface area (Å²) in [5.41, 5.74) is 3.71. The molecule has 2 N–H and O–H groups in total. The number of aryl methyl sites for hydroxylation is 1. The van der Waals surface area contributed by atoms with Crippen LogP contribution in [0.2, 0.25) is 0 Å². The first kappa shape index (κ1) is 21.4. The summed E-state index contributed by atoms with van der Waals surface area (Å²) >= 11 is 1.62. The summed E-state index contributed by atoms with van der Waals surface area (Å²) in [7, 11) is 3.35. The molecule has 9 heteroatoms. The Labute approximate surface area is 180 Å². The van der Waals surface area contributed by atoms with Gasteiger partial charge in [0.1, 0.15) is 5.75 Å². The number of thiazole rings is 1. The van der Waals surface area contributed by atoms with Gasteiger partial charge in [-0.25, -0.2) is 4.98 Å². The number of ether oxygens (including phenoxy) is 1. The van der Waals surface area contributed by atoms with Crippen LogP contribution in [-0.4, -0.2) is 43.6 Å². The first-order chi connectivity index (χ1) is 12.6. The van der Waals surface area contributed by atoms with Gasteiger partial charge in [0.05, 0.1) is 30.9 Å². The lowest BCUT2D eigenvalue weighted by atomic mass is 10.2. The van der Waals surface area contributed by atoms with Gasteiger partial charge < -0.3 is 20.3 Å². The van der Waals surface area contributed by atoms with Gasteiger partial charge in [-0.05, 0) is 19.1 Å². The van der Waals surface area contributed by atoms with Crippen molar-refractivity contribution in [3.8, 4) is 5.75 Å². The fourth-order valence-corrected chi connectivity index (χ4v) is 3.60. The van der Waals surface area contributed by atoms with E-state index in [9.17, 15) is 4.79 Å². The molecule has 146 valence electrons. The van der Waals surface area contributed by atoms with Crippen molar-refractivity contribution in [3.63, 3.8) is 0 Å². The zero-order chi connectivity index (χ0) is 18.5. The molecule has 1 fully saturated rings. The molecule has 0 spiro atoms. The van der Waals surface area contributed by atoms with Gasteiger partial charge in [0.25, 0.3) is 0 Å². The van der Waals surface area contributed by atoms with Gasteiger partial charge in [0.15, 0.2) is 5.96 Å². The summed E-state index contributed by atoms with van der Waals surface area (Å²) in [5, 5.41) is 6.62. The number of aliphatic imine (C=N–C) groups is 1. The van der Waals surface area contributed by atoms with E-state index in [-0.39, 0.29) is 35.9 Å². The van der Waals surface area contributed by atoms with Crippen molar-refractivity contribution < 1.29 is 9.53 Å². The minimum Gasteiger partial charge on any atom is -0.497 e. The van der Waals surface area contributed by atoms with Crippen LogP contribution in [0.15, 0.2) is 34.8 Å². The highest BCUT2D eigenvalue weighted by Gasteiger charge is 2.31. The van der Waals surface area contributed by atoms with Crippen molar-refractivity contribution >= 4 is 52.9 Å². The Hall–Kier alpha value is -1.88. The van der Waals surface area contributed by atoms with Crippen LogP contribution in [0, 0.1) is 6.92 Å². The number of carbonyl (C=O) groups excluding carboxylic acids is 1. The summed E-state index contributed by atoms with van der Waals surface area (Å²) < 4.78 is 5.25. The number of amides is 1. The van der Waals surface area contributed by atoms with E-state index in [0.29, 0.717) is 25.5 Å². The number of nitrogens with one attached hydrogen (secondary N) is 2. The lowest BCUT2D eigenvalue weighted by molar-refractivity contribution is -0.117. The normalized spacial score (nSPS) is 16.9. The molecule has 27 heavy (non-hydrogen) atoms. The number of hydrogen-bond donors (Lipinski definition) is 2. The van der Waals surface area contributed by atoms with E-state index in [1.54, 1.807) is 30.4 Å². The van der Waals surface area contributed by atoms with Gasteiger partial charge in [-0.1, -0.05) is 6.07 Å². The van der Waals surface area contributed by atoms with Crippen LogP contribution in [0.5, 0.6) is 5.75 Å². The number of carbonyl (C=O) groups is 1. The van der Waals surface area contributed by atoms with Gasteiger partial charge in [-0.2, -0.15) is 0 Å². The van der Waals surface area contributed by atoms with Crippen molar-refractivity contribution in [3.05, 3.63) is 40.3 Å². The van der Waals surface area contributed by atoms with Crippen molar-refractivity contribution in [2.75, 3.05) is 25.6 Å². The zero-order valence-electron chi connectivity index (χ0n) is 15.6. The Morgan fingerprint density at radius 3 is 2.96 bits per heavy atom. The van der Waals surface area contributed by atoms with Crippen LogP contribution in [0.3, 0.4) is 0 Å². The fourth-order valence-electron chi connectivity index (χ4n) is 2.88. The number of nitrogens with zero attached hydrogens (tertiary/aromatic N) is 3. The van der Waals surface area contributed by atoms with Crippen LogP contribution in [0.25, 0.3) is 0 Å². The van der Waals surface area contributed by atoms with Crippen LogP contribution >= 0.6 is 35.3 Å². The Bertz CT molecular complexity index is 811. The number of anilines is 1. The maximum atomic E-state index is 12.4. The average Bonchev–Trinajstić information content (AvgIpc) is 3.23. The molecule has 0 aliphatic carbocycles. The maximum absolute atomic E-state index is 12.4. The van der Waals surface area contributed by atoms with E-state index in [4.69, 9.17) is 4.74 Å². The third-order valence-corrected chi connectivity index (χ3v) is 5.25. The number of halogens is 1. The van der Waals surface area contributed by atoms with E-state index in [2.05, 4.69) is 20.6 Å². The summed E-state index contributed by atoms with van der Waals surface area (Å²) in [6, 6.07) is 7.55. The van der Waals surface area contributed by atoms with Crippen LogP contribution in [0.4, 0.5) is 5.69 Å². The van der Waals surface area contributed by atoms with E-state index in [1.165, 1.54) is 4.88 Å². The molecule has 0 radical (unpaired) electrons. The highest BCUT2D eigenvalue weighted by molar-refractivity contribution is 14.0. The van der Waals surface area contributed by atoms with Gasteiger partial charge in [0, 0.05) is 36.6 Å². The maximum Gasteiger partial charge on any atom is 0.229 e. The topological polar surface area (TPSA) is 78.8 Å². The number of methoxy groups -OCH3 is 1. The second-order valence-electron chi connectivity index (χ2n) is 6.04. The first-order valence-electron chi connectivity index (χ1n) is 8.41. The van der Waals surface area contributed by atoms with Crippen LogP contribution < -0.4 is 20.3 Å². The standard InChI is InChI=1S/C18H23N5O2S.HI/c1-12-16(26-11-21-12)9-20-18(19-2)22-13-7-17(24)23(10-13)14-5-4-6-15(8-14)25-3;/h4-6,8,11,13H,7,9-10H2,1-3H3,(H2,19,20,22);1H. The SMILES string of the molecule is CN=C(NCc1scnc1C)NC1CC(=O)N(c2cccc(OC)c2)C1.I. The predicted molar refractivity (Wildman–Crippen MR) is 119 cm³/mol. The predicted octanol–water partition coefficient (Wildman–Crippen LogP) is 2.55. The molecular weight excluding hydrogens is 477 g/mol. The average molecular weight is 501 g/mol. The number of guanidine groups is 1. The monoisotopic (exact) mass is 501 g/mol. The Morgan fingerprint density at radius 2 is 2.30 bits per heavy atom. The molecule has 1 unspecified atom stereocenters. The summed E-state index contributed by atoms with van der Waals surface area (Å²) in [6.07, 6.45) is 0.428. The Kier molecular flexibility index (Phi) is 7.84. The van der Waals surface area contributed by atoms with Crippen LogP contribution in [-0.2, 0) is 11.3 Å². The molecule has 7 nitrogen and oxygen atoms in total. The number of benzene rings is 1. The van der Waals surface area contributed by atoms with Gasteiger partial charge in [-0.15, -0.1) is 35.3 Å². The van der Waals surface area contributed by atoms with E-state index in [0.717, 1.165) is 17.1 Å². The van der Waals surface area contributed by atoms with E-state index in [1.807, 2.05) is 36.7 Å². The molecule has 0 saturated carbocycles. The fraction of sp³-hybridized carbons (Fsp3) is 0.389. The second-order valence-corrected chi connectivity index (χ2v) is 6.98. The lowest BCUT2D eigenvalue weighted by Crippen LogP contribution is -2.44.